The van der Waals surface area contributed by atoms with Crippen LogP contribution in [0.1, 0.15) is 11.4 Å². The third-order valence-corrected chi connectivity index (χ3v) is 2.49. The van der Waals surface area contributed by atoms with Crippen LogP contribution in [0, 0.1) is 12.7 Å². The molecule has 100 valence electrons. The summed E-state index contributed by atoms with van der Waals surface area (Å²) in [4.78, 5) is 16.2. The highest BCUT2D eigenvalue weighted by Gasteiger charge is 2.34. The van der Waals surface area contributed by atoms with Crippen molar-refractivity contribution in [3.05, 3.63) is 51.8 Å². The quantitative estimate of drug-likeness (QED) is 0.811. The van der Waals surface area contributed by atoms with E-state index < -0.39 is 23.4 Å². The van der Waals surface area contributed by atoms with Crippen LogP contribution >= 0.6 is 0 Å². The Morgan fingerprint density at radius 1 is 1.21 bits per heavy atom. The first kappa shape index (κ1) is 13.3. The third-order valence-electron chi connectivity index (χ3n) is 2.49. The normalized spacial score (nSPS) is 11.6. The molecule has 2 aromatic rings. The Morgan fingerprint density at radius 3 is 2.53 bits per heavy atom. The van der Waals surface area contributed by atoms with Crippen molar-refractivity contribution in [3.63, 3.8) is 0 Å². The van der Waals surface area contributed by atoms with E-state index >= 15 is 0 Å². The number of aromatic nitrogens is 2. The zero-order valence-corrected chi connectivity index (χ0v) is 9.68. The summed E-state index contributed by atoms with van der Waals surface area (Å²) >= 11 is 0. The molecule has 3 nitrogen and oxygen atoms in total. The monoisotopic (exact) mass is 272 g/mol. The Kier molecular flexibility index (Phi) is 3.13. The minimum Gasteiger partial charge on any atom is -0.303 e. The minimum absolute atomic E-state index is 0.150. The van der Waals surface area contributed by atoms with E-state index in [0.29, 0.717) is 5.56 Å². The van der Waals surface area contributed by atoms with Gasteiger partial charge in [-0.15, -0.1) is 0 Å². The van der Waals surface area contributed by atoms with Crippen molar-refractivity contribution in [1.29, 1.82) is 0 Å². The lowest BCUT2D eigenvalue weighted by atomic mass is 10.1. The summed E-state index contributed by atoms with van der Waals surface area (Å²) in [7, 11) is 0. The zero-order chi connectivity index (χ0) is 14.2. The maximum atomic E-state index is 13.1. The van der Waals surface area contributed by atoms with E-state index in [9.17, 15) is 22.4 Å². The fraction of sp³-hybridized carbons (Fsp3) is 0.167. The molecule has 0 fully saturated rings. The number of nitrogens with one attached hydrogen (secondary N) is 1. The van der Waals surface area contributed by atoms with Crippen molar-refractivity contribution >= 4 is 0 Å². The summed E-state index contributed by atoms with van der Waals surface area (Å²) in [5.74, 6) is -2.02. The number of H-pyrrole nitrogens is 1. The van der Waals surface area contributed by atoms with Gasteiger partial charge in [0.05, 0.1) is 5.69 Å². The third kappa shape index (κ3) is 2.81. The molecule has 0 aliphatic carbocycles. The van der Waals surface area contributed by atoms with Crippen molar-refractivity contribution in [2.45, 2.75) is 13.1 Å². The zero-order valence-electron chi connectivity index (χ0n) is 9.68. The maximum Gasteiger partial charge on any atom is 0.449 e. The van der Waals surface area contributed by atoms with E-state index in [-0.39, 0.29) is 11.3 Å². The van der Waals surface area contributed by atoms with Crippen molar-refractivity contribution < 1.29 is 17.6 Å². The summed E-state index contributed by atoms with van der Waals surface area (Å²) < 4.78 is 50.7. The van der Waals surface area contributed by atoms with Crippen LogP contribution in [0.25, 0.3) is 11.3 Å². The molecule has 0 aliphatic rings. The number of rotatable bonds is 1. The minimum atomic E-state index is -4.77. The molecule has 1 aromatic carbocycles. The molecule has 0 unspecified atom stereocenters. The summed E-state index contributed by atoms with van der Waals surface area (Å²) in [6, 6.07) is 4.52. The second-order valence-corrected chi connectivity index (χ2v) is 3.94. The first-order valence-corrected chi connectivity index (χ1v) is 5.22. The van der Waals surface area contributed by atoms with Crippen LogP contribution in [0.3, 0.4) is 0 Å². The van der Waals surface area contributed by atoms with Gasteiger partial charge in [0.15, 0.2) is 0 Å². The van der Waals surface area contributed by atoms with Crippen LogP contribution in [-0.2, 0) is 6.18 Å². The molecule has 0 amide bonds. The van der Waals surface area contributed by atoms with Crippen molar-refractivity contribution in [2.75, 3.05) is 0 Å². The molecule has 0 spiro atoms. The number of benzene rings is 1. The Balaban J connectivity index is 2.66. The van der Waals surface area contributed by atoms with Crippen molar-refractivity contribution in [2.24, 2.45) is 0 Å². The molecule has 0 atom stereocenters. The lowest BCUT2D eigenvalue weighted by molar-refractivity contribution is -0.145. The van der Waals surface area contributed by atoms with Gasteiger partial charge in [-0.3, -0.25) is 4.79 Å². The van der Waals surface area contributed by atoms with Crippen LogP contribution in [0.4, 0.5) is 17.6 Å². The van der Waals surface area contributed by atoms with Gasteiger partial charge >= 0.3 is 6.18 Å². The lowest BCUT2D eigenvalue weighted by Crippen LogP contribution is -2.19. The highest BCUT2D eigenvalue weighted by Crippen LogP contribution is 2.28. The van der Waals surface area contributed by atoms with Crippen LogP contribution in [0.15, 0.2) is 29.1 Å². The van der Waals surface area contributed by atoms with Gasteiger partial charge in [-0.05, 0) is 24.6 Å². The Hall–Kier alpha value is -2.18. The first-order valence-electron chi connectivity index (χ1n) is 5.22. The van der Waals surface area contributed by atoms with E-state index in [0.717, 1.165) is 12.1 Å². The number of nitrogens with zero attached hydrogens (tertiary/aromatic N) is 1. The summed E-state index contributed by atoms with van der Waals surface area (Å²) in [6.45, 7) is 1.59. The van der Waals surface area contributed by atoms with Crippen LogP contribution < -0.4 is 5.56 Å². The SMILES string of the molecule is Cc1ccc(F)cc1-c1cc(=O)[nH]c(C(F)(F)F)n1. The number of alkyl halides is 3. The predicted molar refractivity (Wildman–Crippen MR) is 60.0 cm³/mol. The van der Waals surface area contributed by atoms with E-state index in [1.807, 2.05) is 0 Å². The molecule has 1 N–H and O–H groups in total. The number of aryl methyl sites for hydroxylation is 1. The molecule has 0 radical (unpaired) electrons. The van der Waals surface area contributed by atoms with E-state index in [1.165, 1.54) is 12.1 Å². The van der Waals surface area contributed by atoms with Gasteiger partial charge in [-0.1, -0.05) is 6.07 Å². The van der Waals surface area contributed by atoms with Gasteiger partial charge in [0.1, 0.15) is 5.82 Å². The van der Waals surface area contributed by atoms with Crippen LogP contribution in [0.2, 0.25) is 0 Å². The molecule has 0 saturated heterocycles. The second kappa shape index (κ2) is 4.49. The molecule has 1 aromatic heterocycles. The lowest BCUT2D eigenvalue weighted by Gasteiger charge is -2.09. The van der Waals surface area contributed by atoms with E-state index in [2.05, 4.69) is 4.98 Å². The van der Waals surface area contributed by atoms with Crippen molar-refractivity contribution in [1.82, 2.24) is 9.97 Å². The van der Waals surface area contributed by atoms with Crippen LogP contribution in [-0.4, -0.2) is 9.97 Å². The topological polar surface area (TPSA) is 45.8 Å². The molecule has 0 aliphatic heterocycles. The summed E-state index contributed by atoms with van der Waals surface area (Å²) in [6.07, 6.45) is -4.77. The molecule has 1 heterocycles. The van der Waals surface area contributed by atoms with Gasteiger partial charge in [-0.2, -0.15) is 13.2 Å². The Labute approximate surface area is 104 Å². The Morgan fingerprint density at radius 2 is 1.89 bits per heavy atom. The smallest absolute Gasteiger partial charge is 0.303 e. The number of aromatic amines is 1. The van der Waals surface area contributed by atoms with E-state index in [4.69, 9.17) is 0 Å². The summed E-state index contributed by atoms with van der Waals surface area (Å²) in [5.41, 5.74) is -0.488. The van der Waals surface area contributed by atoms with Gasteiger partial charge < -0.3 is 4.98 Å². The molecule has 0 saturated carbocycles. The number of hydrogen-bond acceptors (Lipinski definition) is 2. The fourth-order valence-corrected chi connectivity index (χ4v) is 1.60. The first-order chi connectivity index (χ1) is 8.77. The van der Waals surface area contributed by atoms with E-state index in [1.54, 1.807) is 11.9 Å². The average molecular weight is 272 g/mol. The molecule has 0 bridgehead atoms. The number of hydrogen-bond donors (Lipinski definition) is 1. The fourth-order valence-electron chi connectivity index (χ4n) is 1.60. The van der Waals surface area contributed by atoms with Crippen LogP contribution in [0.5, 0.6) is 0 Å². The second-order valence-electron chi connectivity index (χ2n) is 3.94. The molecule has 7 heteroatoms. The van der Waals surface area contributed by atoms with Crippen molar-refractivity contribution in [3.8, 4) is 11.3 Å². The predicted octanol–water partition coefficient (Wildman–Crippen LogP) is 2.90. The van der Waals surface area contributed by atoms with Gasteiger partial charge in [0.2, 0.25) is 5.82 Å². The van der Waals surface area contributed by atoms with Gasteiger partial charge in [0, 0.05) is 11.6 Å². The summed E-state index contributed by atoms with van der Waals surface area (Å²) in [5, 5.41) is 0. The average Bonchev–Trinajstić information content (AvgIpc) is 2.30. The Bertz CT molecular complexity index is 676. The van der Waals surface area contributed by atoms with Gasteiger partial charge in [0.25, 0.3) is 5.56 Å². The standard InChI is InChI=1S/C12H8F4N2O/c1-6-2-3-7(13)4-8(6)9-5-10(19)18-11(17-9)12(14,15)16/h2-5H,1H3,(H,17,18,19). The molecule has 19 heavy (non-hydrogen) atoms. The molecular weight excluding hydrogens is 264 g/mol. The highest BCUT2D eigenvalue weighted by molar-refractivity contribution is 5.63. The number of halogens is 4. The maximum absolute atomic E-state index is 13.1. The highest BCUT2D eigenvalue weighted by atomic mass is 19.4. The molecule has 2 rings (SSSR count). The largest absolute Gasteiger partial charge is 0.449 e. The van der Waals surface area contributed by atoms with Gasteiger partial charge in [-0.25, -0.2) is 9.37 Å². The molecular formula is C12H8F4N2O.